The lowest BCUT2D eigenvalue weighted by Gasteiger charge is -2.26. The predicted octanol–water partition coefficient (Wildman–Crippen LogP) is 3.07. The largest absolute Gasteiger partial charge is 0.384 e. The van der Waals surface area contributed by atoms with Gasteiger partial charge in [-0.25, -0.2) is 4.98 Å². The molecule has 4 nitrogen and oxygen atoms in total. The summed E-state index contributed by atoms with van der Waals surface area (Å²) < 4.78 is 0. The number of carbonyl (C=O) groups excluding carboxylic acids is 1. The topological polar surface area (TPSA) is 59.2 Å². The monoisotopic (exact) mass is 283 g/mol. The molecule has 0 aromatic carbocycles. The first-order chi connectivity index (χ1) is 8.79. The molecule has 0 fully saturated rings. The van der Waals surface area contributed by atoms with Crippen LogP contribution >= 0.6 is 11.6 Å². The van der Waals surface area contributed by atoms with E-state index in [0.717, 1.165) is 13.1 Å². The predicted molar refractivity (Wildman–Crippen MR) is 79.2 cm³/mol. The average molecular weight is 284 g/mol. The summed E-state index contributed by atoms with van der Waals surface area (Å²) in [6.45, 7) is 9.81. The van der Waals surface area contributed by atoms with Gasteiger partial charge in [0, 0.05) is 18.7 Å². The number of anilines is 1. The Morgan fingerprint density at radius 1 is 1.26 bits per heavy atom. The second kappa shape index (κ2) is 6.75. The van der Waals surface area contributed by atoms with Crippen molar-refractivity contribution < 1.29 is 4.79 Å². The highest BCUT2D eigenvalue weighted by molar-refractivity contribution is 6.29. The number of amides is 1. The number of rotatable bonds is 5. The van der Waals surface area contributed by atoms with Crippen molar-refractivity contribution >= 4 is 23.3 Å². The van der Waals surface area contributed by atoms with E-state index in [2.05, 4.69) is 32.7 Å². The minimum atomic E-state index is -0.0431. The summed E-state index contributed by atoms with van der Waals surface area (Å²) in [5.74, 6) is 1.05. The van der Waals surface area contributed by atoms with E-state index < -0.39 is 0 Å². The summed E-state index contributed by atoms with van der Waals surface area (Å²) >= 11 is 5.85. The molecule has 0 bridgehead atoms. The summed E-state index contributed by atoms with van der Waals surface area (Å²) in [6, 6.07) is 3.13. The standard InChI is InChI=1S/C14H22ClN3O/c1-9(2)7-18(8-10(3)4)14(19)11-5-12(15)17-13(16)6-11/h5-6,9-10H,7-8H2,1-4H3,(H2,16,17). The molecule has 1 rings (SSSR count). The van der Waals surface area contributed by atoms with Crippen molar-refractivity contribution in [3.63, 3.8) is 0 Å². The van der Waals surface area contributed by atoms with Crippen LogP contribution in [-0.2, 0) is 0 Å². The summed E-state index contributed by atoms with van der Waals surface area (Å²) in [6.07, 6.45) is 0. The quantitative estimate of drug-likeness (QED) is 0.845. The van der Waals surface area contributed by atoms with Crippen LogP contribution in [0.2, 0.25) is 5.15 Å². The van der Waals surface area contributed by atoms with Crippen molar-refractivity contribution in [3.8, 4) is 0 Å². The van der Waals surface area contributed by atoms with Crippen LogP contribution in [0.3, 0.4) is 0 Å². The molecular formula is C14H22ClN3O. The van der Waals surface area contributed by atoms with E-state index in [1.807, 2.05) is 4.90 Å². The minimum absolute atomic E-state index is 0.0431. The van der Waals surface area contributed by atoms with Crippen LogP contribution in [0.25, 0.3) is 0 Å². The van der Waals surface area contributed by atoms with E-state index in [9.17, 15) is 4.79 Å². The van der Waals surface area contributed by atoms with Crippen LogP contribution in [0.4, 0.5) is 5.82 Å². The van der Waals surface area contributed by atoms with Gasteiger partial charge in [-0.3, -0.25) is 4.79 Å². The van der Waals surface area contributed by atoms with E-state index in [1.54, 1.807) is 12.1 Å². The third kappa shape index (κ3) is 5.07. The Morgan fingerprint density at radius 2 is 1.79 bits per heavy atom. The first-order valence-electron chi connectivity index (χ1n) is 6.52. The summed E-state index contributed by atoms with van der Waals surface area (Å²) in [5.41, 5.74) is 6.13. The number of hydrogen-bond acceptors (Lipinski definition) is 3. The molecule has 0 atom stereocenters. The Hall–Kier alpha value is -1.29. The van der Waals surface area contributed by atoms with Crippen LogP contribution in [0.15, 0.2) is 12.1 Å². The van der Waals surface area contributed by atoms with Gasteiger partial charge in [0.1, 0.15) is 11.0 Å². The fraction of sp³-hybridized carbons (Fsp3) is 0.571. The molecule has 0 saturated carbocycles. The van der Waals surface area contributed by atoms with Gasteiger partial charge >= 0.3 is 0 Å². The van der Waals surface area contributed by atoms with Crippen LogP contribution in [0, 0.1) is 11.8 Å². The first-order valence-corrected chi connectivity index (χ1v) is 6.89. The summed E-state index contributed by atoms with van der Waals surface area (Å²) in [4.78, 5) is 18.2. The molecule has 0 aliphatic rings. The molecule has 1 aromatic rings. The van der Waals surface area contributed by atoms with Crippen molar-refractivity contribution in [2.24, 2.45) is 11.8 Å². The Kier molecular flexibility index (Phi) is 5.60. The molecular weight excluding hydrogens is 262 g/mol. The summed E-state index contributed by atoms with van der Waals surface area (Å²) in [5, 5.41) is 0.248. The van der Waals surface area contributed by atoms with Gasteiger partial charge in [0.25, 0.3) is 5.91 Å². The summed E-state index contributed by atoms with van der Waals surface area (Å²) in [7, 11) is 0. The molecule has 0 spiro atoms. The molecule has 5 heteroatoms. The van der Waals surface area contributed by atoms with Gasteiger partial charge in [0.2, 0.25) is 0 Å². The molecule has 106 valence electrons. The third-order valence-corrected chi connectivity index (χ3v) is 2.71. The van der Waals surface area contributed by atoms with Gasteiger partial charge in [0.05, 0.1) is 0 Å². The van der Waals surface area contributed by atoms with Crippen molar-refractivity contribution in [1.82, 2.24) is 9.88 Å². The zero-order valence-corrected chi connectivity index (χ0v) is 12.7. The second-order valence-electron chi connectivity index (χ2n) is 5.60. The highest BCUT2D eigenvalue weighted by Crippen LogP contribution is 2.16. The van der Waals surface area contributed by atoms with Gasteiger partial charge in [-0.2, -0.15) is 0 Å². The lowest BCUT2D eigenvalue weighted by molar-refractivity contribution is 0.0715. The fourth-order valence-electron chi connectivity index (χ4n) is 1.95. The van der Waals surface area contributed by atoms with Crippen molar-refractivity contribution in [1.29, 1.82) is 0 Å². The number of hydrogen-bond donors (Lipinski definition) is 1. The van der Waals surface area contributed by atoms with Gasteiger partial charge < -0.3 is 10.6 Å². The maximum Gasteiger partial charge on any atom is 0.254 e. The average Bonchev–Trinajstić information content (AvgIpc) is 2.24. The van der Waals surface area contributed by atoms with Crippen LogP contribution < -0.4 is 5.73 Å². The van der Waals surface area contributed by atoms with Crippen LogP contribution in [0.5, 0.6) is 0 Å². The van der Waals surface area contributed by atoms with Crippen molar-refractivity contribution in [3.05, 3.63) is 22.8 Å². The van der Waals surface area contributed by atoms with Crippen molar-refractivity contribution in [2.45, 2.75) is 27.7 Å². The molecule has 0 saturated heterocycles. The number of nitrogens with two attached hydrogens (primary N) is 1. The Balaban J connectivity index is 2.97. The van der Waals surface area contributed by atoms with E-state index in [0.29, 0.717) is 17.4 Å². The fourth-order valence-corrected chi connectivity index (χ4v) is 2.16. The Labute approximate surface area is 120 Å². The lowest BCUT2D eigenvalue weighted by Crippen LogP contribution is -2.37. The molecule has 19 heavy (non-hydrogen) atoms. The van der Waals surface area contributed by atoms with Gasteiger partial charge in [-0.1, -0.05) is 39.3 Å². The maximum atomic E-state index is 12.5. The SMILES string of the molecule is CC(C)CN(CC(C)C)C(=O)c1cc(N)nc(Cl)c1. The first kappa shape index (κ1) is 15.8. The van der Waals surface area contributed by atoms with Crippen molar-refractivity contribution in [2.75, 3.05) is 18.8 Å². The minimum Gasteiger partial charge on any atom is -0.384 e. The number of aromatic nitrogens is 1. The molecule has 1 amide bonds. The van der Waals surface area contributed by atoms with Gasteiger partial charge in [0.15, 0.2) is 0 Å². The third-order valence-electron chi connectivity index (χ3n) is 2.52. The highest BCUT2D eigenvalue weighted by atomic mass is 35.5. The lowest BCUT2D eigenvalue weighted by atomic mass is 10.1. The van der Waals surface area contributed by atoms with Crippen LogP contribution in [0.1, 0.15) is 38.1 Å². The number of nitrogens with zero attached hydrogens (tertiary/aromatic N) is 2. The molecule has 0 radical (unpaired) electrons. The molecule has 0 aliphatic carbocycles. The van der Waals surface area contributed by atoms with Gasteiger partial charge in [-0.15, -0.1) is 0 Å². The highest BCUT2D eigenvalue weighted by Gasteiger charge is 2.19. The normalized spacial score (nSPS) is 11.1. The Bertz CT molecular complexity index is 416. The van der Waals surface area contributed by atoms with E-state index in [4.69, 9.17) is 17.3 Å². The van der Waals surface area contributed by atoms with Crippen LogP contribution in [-0.4, -0.2) is 28.9 Å². The zero-order valence-electron chi connectivity index (χ0n) is 12.0. The molecule has 1 aromatic heterocycles. The molecule has 0 unspecified atom stereocenters. The number of carbonyl (C=O) groups is 1. The number of pyridine rings is 1. The van der Waals surface area contributed by atoms with E-state index in [-0.39, 0.29) is 16.9 Å². The van der Waals surface area contributed by atoms with Gasteiger partial charge in [-0.05, 0) is 24.0 Å². The maximum absolute atomic E-state index is 12.5. The van der Waals surface area contributed by atoms with E-state index in [1.165, 1.54) is 0 Å². The van der Waals surface area contributed by atoms with E-state index >= 15 is 0 Å². The zero-order chi connectivity index (χ0) is 14.6. The molecule has 2 N–H and O–H groups in total. The molecule has 1 heterocycles. The molecule has 0 aliphatic heterocycles. The number of nitrogen functional groups attached to an aromatic ring is 1. The smallest absolute Gasteiger partial charge is 0.254 e. The Morgan fingerprint density at radius 3 is 2.21 bits per heavy atom. The second-order valence-corrected chi connectivity index (χ2v) is 5.99. The number of halogens is 1.